The molecule has 0 spiro atoms. The largest absolute Gasteiger partial charge is 0.366 e. The van der Waals surface area contributed by atoms with Crippen LogP contribution in [0.25, 0.3) is 0 Å². The Hall–Kier alpha value is -2.97. The molecular weight excluding hydrogens is 332 g/mol. The molecule has 4 rings (SSSR count). The van der Waals surface area contributed by atoms with Gasteiger partial charge in [-0.05, 0) is 17.7 Å². The first-order valence-corrected chi connectivity index (χ1v) is 7.84. The van der Waals surface area contributed by atoms with E-state index in [1.54, 1.807) is 6.07 Å². The Morgan fingerprint density at radius 3 is 2.88 bits per heavy atom. The van der Waals surface area contributed by atoms with Gasteiger partial charge in [-0.2, -0.15) is 4.98 Å². The third-order valence-electron chi connectivity index (χ3n) is 4.42. The Labute approximate surface area is 141 Å². The Morgan fingerprint density at radius 2 is 2.08 bits per heavy atom. The van der Waals surface area contributed by atoms with Crippen LogP contribution in [0.15, 0.2) is 29.1 Å². The number of piperazine rings is 1. The summed E-state index contributed by atoms with van der Waals surface area (Å²) in [5, 5.41) is 5.72. The highest BCUT2D eigenvalue weighted by molar-refractivity contribution is 5.83. The van der Waals surface area contributed by atoms with E-state index in [-0.39, 0.29) is 25.0 Å². The topological polar surface area (TPSA) is 79.3 Å². The van der Waals surface area contributed by atoms with Crippen LogP contribution >= 0.6 is 0 Å². The van der Waals surface area contributed by atoms with E-state index in [1.807, 2.05) is 4.90 Å². The van der Waals surface area contributed by atoms with Crippen molar-refractivity contribution in [3.8, 4) is 0 Å². The number of aromatic nitrogens is 2. The summed E-state index contributed by atoms with van der Waals surface area (Å²) in [6.07, 6.45) is 0. The fourth-order valence-electron chi connectivity index (χ4n) is 3.16. The van der Waals surface area contributed by atoms with E-state index in [9.17, 15) is 18.4 Å². The molecule has 1 atom stereocenters. The molecule has 25 heavy (non-hydrogen) atoms. The number of hydrogen-bond donors (Lipinski definition) is 2. The van der Waals surface area contributed by atoms with Crippen LogP contribution in [0.2, 0.25) is 0 Å². The van der Waals surface area contributed by atoms with Crippen molar-refractivity contribution in [3.05, 3.63) is 51.9 Å². The van der Waals surface area contributed by atoms with Gasteiger partial charge in [0.2, 0.25) is 5.91 Å². The molecule has 1 unspecified atom stereocenters. The molecule has 7 nitrogen and oxygen atoms in total. The summed E-state index contributed by atoms with van der Waals surface area (Å²) in [6, 6.07) is 5.33. The molecule has 2 aliphatic rings. The maximum absolute atomic E-state index is 13.3. The summed E-state index contributed by atoms with van der Waals surface area (Å²) in [5.41, 5.74) is 0.115. The average Bonchev–Trinajstić information content (AvgIpc) is 2.95. The molecule has 0 aliphatic carbocycles. The molecule has 2 aromatic rings. The Kier molecular flexibility index (Phi) is 3.63. The highest BCUT2D eigenvalue weighted by Gasteiger charge is 2.35. The van der Waals surface area contributed by atoms with Crippen LogP contribution in [-0.2, 0) is 17.9 Å². The number of hydrogen-bond acceptors (Lipinski definition) is 5. The van der Waals surface area contributed by atoms with Gasteiger partial charge in [0.1, 0.15) is 11.6 Å². The van der Waals surface area contributed by atoms with E-state index >= 15 is 0 Å². The third kappa shape index (κ3) is 2.81. The number of amides is 1. The van der Waals surface area contributed by atoms with Crippen LogP contribution < -0.4 is 21.2 Å². The second kappa shape index (κ2) is 5.83. The zero-order chi connectivity index (χ0) is 17.6. The van der Waals surface area contributed by atoms with Crippen LogP contribution in [0.5, 0.6) is 0 Å². The fraction of sp³-hybridized carbons (Fsp3) is 0.312. The van der Waals surface area contributed by atoms with Gasteiger partial charge in [-0.3, -0.25) is 9.36 Å². The molecule has 0 radical (unpaired) electrons. The molecule has 1 fully saturated rings. The molecule has 9 heteroatoms. The number of fused-ring (bicyclic) bond motifs is 3. The van der Waals surface area contributed by atoms with Gasteiger partial charge in [0.05, 0.1) is 19.1 Å². The maximum Gasteiger partial charge on any atom is 0.351 e. The molecule has 0 saturated carbocycles. The average molecular weight is 347 g/mol. The summed E-state index contributed by atoms with van der Waals surface area (Å²) in [7, 11) is 0. The first-order chi connectivity index (χ1) is 12.0. The molecule has 3 heterocycles. The number of carbonyl (C=O) groups excluding carboxylic acids is 1. The second-order valence-corrected chi connectivity index (χ2v) is 6.08. The van der Waals surface area contributed by atoms with Crippen molar-refractivity contribution < 1.29 is 13.6 Å². The number of benzene rings is 1. The lowest BCUT2D eigenvalue weighted by atomic mass is 10.2. The predicted molar refractivity (Wildman–Crippen MR) is 86.3 cm³/mol. The minimum Gasteiger partial charge on any atom is -0.366 e. The van der Waals surface area contributed by atoms with E-state index in [0.717, 1.165) is 12.1 Å². The van der Waals surface area contributed by atoms with Gasteiger partial charge >= 0.3 is 5.69 Å². The monoisotopic (exact) mass is 347 g/mol. The molecular formula is C16H15F2N5O2. The maximum atomic E-state index is 13.3. The molecule has 0 bridgehead atoms. The van der Waals surface area contributed by atoms with Gasteiger partial charge in [0.15, 0.2) is 11.6 Å². The zero-order valence-corrected chi connectivity index (χ0v) is 13.1. The predicted octanol–water partition coefficient (Wildman–Crippen LogP) is 0.452. The van der Waals surface area contributed by atoms with E-state index in [4.69, 9.17) is 0 Å². The summed E-state index contributed by atoms with van der Waals surface area (Å²) in [4.78, 5) is 29.7. The SMILES string of the molecule is O=C1CN2c3cc(NCc4ccc(F)c(F)c4)nc(=O)n3CC2CN1. The minimum atomic E-state index is -0.927. The zero-order valence-electron chi connectivity index (χ0n) is 13.1. The van der Waals surface area contributed by atoms with Crippen molar-refractivity contribution in [2.75, 3.05) is 23.3 Å². The number of carbonyl (C=O) groups is 1. The number of nitrogens with one attached hydrogen (secondary N) is 2. The van der Waals surface area contributed by atoms with Crippen molar-refractivity contribution in [1.82, 2.24) is 14.9 Å². The Bertz CT molecular complexity index is 914. The molecule has 130 valence electrons. The summed E-state index contributed by atoms with van der Waals surface area (Å²) < 4.78 is 27.8. The van der Waals surface area contributed by atoms with Gasteiger partial charge in [0, 0.05) is 19.2 Å². The summed E-state index contributed by atoms with van der Waals surface area (Å²) >= 11 is 0. The molecule has 1 saturated heterocycles. The highest BCUT2D eigenvalue weighted by atomic mass is 19.2. The number of nitrogens with zero attached hydrogens (tertiary/aromatic N) is 3. The molecule has 1 aromatic carbocycles. The van der Waals surface area contributed by atoms with Crippen molar-refractivity contribution in [2.45, 2.75) is 19.1 Å². The van der Waals surface area contributed by atoms with E-state index in [1.165, 1.54) is 10.6 Å². The lowest BCUT2D eigenvalue weighted by molar-refractivity contribution is -0.120. The molecule has 1 amide bonds. The van der Waals surface area contributed by atoms with Gasteiger partial charge in [-0.15, -0.1) is 0 Å². The van der Waals surface area contributed by atoms with Gasteiger partial charge < -0.3 is 15.5 Å². The van der Waals surface area contributed by atoms with E-state index in [0.29, 0.717) is 30.3 Å². The summed E-state index contributed by atoms with van der Waals surface area (Å²) in [6.45, 7) is 1.34. The lowest BCUT2D eigenvalue weighted by Crippen LogP contribution is -2.52. The van der Waals surface area contributed by atoms with Crippen molar-refractivity contribution in [2.24, 2.45) is 0 Å². The number of halogens is 2. The van der Waals surface area contributed by atoms with E-state index < -0.39 is 17.3 Å². The molecule has 2 aliphatic heterocycles. The second-order valence-electron chi connectivity index (χ2n) is 6.08. The standard InChI is InChI=1S/C16H15F2N5O2/c17-11-2-1-9(3-12(11)18)5-19-13-4-15-22-8-14(24)20-6-10(22)7-23(15)16(25)21-13/h1-4,10H,5-8H2,(H,20,24)(H,19,21,25). The van der Waals surface area contributed by atoms with Crippen molar-refractivity contribution in [1.29, 1.82) is 0 Å². The van der Waals surface area contributed by atoms with Crippen molar-refractivity contribution >= 4 is 17.5 Å². The minimum absolute atomic E-state index is 0.0358. The fourth-order valence-corrected chi connectivity index (χ4v) is 3.16. The van der Waals surface area contributed by atoms with E-state index in [2.05, 4.69) is 15.6 Å². The van der Waals surface area contributed by atoms with Gasteiger partial charge in [-0.25, -0.2) is 13.6 Å². The van der Waals surface area contributed by atoms with Gasteiger partial charge in [0.25, 0.3) is 0 Å². The Balaban J connectivity index is 1.57. The number of rotatable bonds is 3. The third-order valence-corrected chi connectivity index (χ3v) is 4.42. The smallest absolute Gasteiger partial charge is 0.351 e. The van der Waals surface area contributed by atoms with Gasteiger partial charge in [-0.1, -0.05) is 6.07 Å². The van der Waals surface area contributed by atoms with Crippen LogP contribution in [0.3, 0.4) is 0 Å². The molecule has 1 aromatic heterocycles. The van der Waals surface area contributed by atoms with Crippen molar-refractivity contribution in [3.63, 3.8) is 0 Å². The van der Waals surface area contributed by atoms with Crippen LogP contribution in [0, 0.1) is 11.6 Å². The first-order valence-electron chi connectivity index (χ1n) is 7.84. The first kappa shape index (κ1) is 15.6. The quantitative estimate of drug-likeness (QED) is 0.843. The molecule has 2 N–H and O–H groups in total. The normalized spacial score (nSPS) is 18.6. The highest BCUT2D eigenvalue weighted by Crippen LogP contribution is 2.26. The van der Waals surface area contributed by atoms with Crippen LogP contribution in [0.4, 0.5) is 20.4 Å². The van der Waals surface area contributed by atoms with Crippen LogP contribution in [-0.4, -0.2) is 34.6 Å². The lowest BCUT2D eigenvalue weighted by Gasteiger charge is -2.30. The Morgan fingerprint density at radius 1 is 1.24 bits per heavy atom. The summed E-state index contributed by atoms with van der Waals surface area (Å²) in [5.74, 6) is -0.971. The van der Waals surface area contributed by atoms with Crippen LogP contribution in [0.1, 0.15) is 5.56 Å². The number of anilines is 2.